The van der Waals surface area contributed by atoms with Crippen LogP contribution in [0, 0.1) is 11.8 Å². The number of carboxylic acids is 1. The monoisotopic (exact) mass is 996 g/mol. The van der Waals surface area contributed by atoms with E-state index in [9.17, 15) is 31.5 Å². The zero-order valence-corrected chi connectivity index (χ0v) is 41.4. The van der Waals surface area contributed by atoms with Crippen molar-refractivity contribution in [1.29, 1.82) is 0 Å². The molecule has 0 unspecified atom stereocenters. The second-order valence-electron chi connectivity index (χ2n) is 19.1. The largest absolute Gasteiger partial charge is 0.494 e. The maximum absolute atomic E-state index is 13.5. The molecule has 0 spiro atoms. The summed E-state index contributed by atoms with van der Waals surface area (Å²) < 4.78 is 76.8. The first-order chi connectivity index (χ1) is 32.9. The number of fused-ring (bicyclic) bond motifs is 2. The first-order valence-electron chi connectivity index (χ1n) is 23.8. The van der Waals surface area contributed by atoms with Gasteiger partial charge < -0.3 is 19.3 Å². The summed E-state index contributed by atoms with van der Waals surface area (Å²) >= 11 is 0. The van der Waals surface area contributed by atoms with Gasteiger partial charge in [-0.25, -0.2) is 16.8 Å². The molecular formula is C52H64N6O10S2. The van der Waals surface area contributed by atoms with E-state index in [4.69, 9.17) is 24.4 Å². The van der Waals surface area contributed by atoms with E-state index in [1.165, 1.54) is 8.61 Å². The van der Waals surface area contributed by atoms with Crippen LogP contribution in [0.25, 0.3) is 21.8 Å². The molecule has 70 heavy (non-hydrogen) atoms. The molecule has 4 fully saturated rings. The first-order valence-corrected chi connectivity index (χ1v) is 26.7. The molecule has 2 aliphatic carbocycles. The lowest BCUT2D eigenvalue weighted by Gasteiger charge is -2.18. The maximum atomic E-state index is 13.5. The van der Waals surface area contributed by atoms with Crippen molar-refractivity contribution in [2.24, 2.45) is 11.8 Å². The highest BCUT2D eigenvalue weighted by atomic mass is 32.2. The average molecular weight is 997 g/mol. The molecule has 0 bridgehead atoms. The molecule has 6 aromatic rings. The summed E-state index contributed by atoms with van der Waals surface area (Å²) in [5.41, 5.74) is 1.44. The number of sulfonamides is 2. The number of ether oxygens (including phenoxy) is 3. The molecule has 4 atom stereocenters. The Labute approximate surface area is 410 Å². The smallest absolute Gasteiger partial charge is 0.318 e. The van der Waals surface area contributed by atoms with Crippen LogP contribution in [0.4, 0.5) is 0 Å². The van der Waals surface area contributed by atoms with E-state index in [1.807, 2.05) is 92.5 Å². The highest BCUT2D eigenvalue weighted by Gasteiger charge is 2.57. The molecule has 0 amide bonds. The van der Waals surface area contributed by atoms with E-state index >= 15 is 0 Å². The molecule has 10 rings (SSSR count). The zero-order chi connectivity index (χ0) is 49.0. The Balaban J connectivity index is 0.000000186. The predicted molar refractivity (Wildman–Crippen MR) is 266 cm³/mol. The number of carboxylic acid groups (broad SMARTS) is 1. The third-order valence-electron chi connectivity index (χ3n) is 14.0. The van der Waals surface area contributed by atoms with Gasteiger partial charge in [0.15, 0.2) is 0 Å². The Morgan fingerprint density at radius 3 is 1.37 bits per heavy atom. The summed E-state index contributed by atoms with van der Waals surface area (Å²) in [5, 5.41) is 21.4. The Morgan fingerprint density at radius 1 is 0.629 bits per heavy atom. The highest BCUT2D eigenvalue weighted by Crippen LogP contribution is 2.52. The molecule has 374 valence electrons. The van der Waals surface area contributed by atoms with Crippen molar-refractivity contribution in [1.82, 2.24) is 28.2 Å². The van der Waals surface area contributed by atoms with Crippen LogP contribution >= 0.6 is 0 Å². The predicted octanol–water partition coefficient (Wildman–Crippen LogP) is 8.37. The fourth-order valence-electron chi connectivity index (χ4n) is 9.95. The molecule has 2 saturated carbocycles. The van der Waals surface area contributed by atoms with E-state index in [-0.39, 0.29) is 59.8 Å². The van der Waals surface area contributed by atoms with Crippen molar-refractivity contribution >= 4 is 53.8 Å². The molecule has 4 heterocycles. The van der Waals surface area contributed by atoms with Crippen molar-refractivity contribution in [2.45, 2.75) is 113 Å². The number of aliphatic carboxylic acids is 1. The van der Waals surface area contributed by atoms with Gasteiger partial charge in [-0.15, -0.1) is 0 Å². The number of hydrogen-bond acceptors (Lipinski definition) is 11. The second-order valence-corrected chi connectivity index (χ2v) is 23.0. The highest BCUT2D eigenvalue weighted by molar-refractivity contribution is 7.89. The van der Waals surface area contributed by atoms with Crippen LogP contribution in [0.5, 0.6) is 11.5 Å². The van der Waals surface area contributed by atoms with Gasteiger partial charge in [0.2, 0.25) is 20.0 Å². The number of hydrogen-bond donors (Lipinski definition) is 1. The maximum Gasteiger partial charge on any atom is 0.318 e. The van der Waals surface area contributed by atoms with Crippen LogP contribution in [0.2, 0.25) is 0 Å². The molecule has 2 aliphatic heterocycles. The van der Waals surface area contributed by atoms with Crippen molar-refractivity contribution in [3.05, 3.63) is 108 Å². The molecule has 4 aliphatic rings. The number of rotatable bonds is 15. The van der Waals surface area contributed by atoms with Gasteiger partial charge >= 0.3 is 11.9 Å². The van der Waals surface area contributed by atoms with E-state index in [0.717, 1.165) is 27.5 Å². The van der Waals surface area contributed by atoms with Crippen molar-refractivity contribution in [3.63, 3.8) is 0 Å². The Morgan fingerprint density at radius 2 is 1.01 bits per heavy atom. The minimum Gasteiger partial charge on any atom is -0.494 e. The van der Waals surface area contributed by atoms with Crippen LogP contribution in [-0.4, -0.2) is 108 Å². The molecule has 16 nitrogen and oxygen atoms in total. The lowest BCUT2D eigenvalue weighted by Crippen LogP contribution is -2.29. The third-order valence-corrected chi connectivity index (χ3v) is 17.7. The van der Waals surface area contributed by atoms with Gasteiger partial charge in [0.05, 0.1) is 63.6 Å². The van der Waals surface area contributed by atoms with Crippen LogP contribution < -0.4 is 9.47 Å². The van der Waals surface area contributed by atoms with Gasteiger partial charge in [-0.2, -0.15) is 18.8 Å². The number of carbonyl (C=O) groups is 2. The zero-order valence-electron chi connectivity index (χ0n) is 39.8. The number of benzene rings is 4. The van der Waals surface area contributed by atoms with E-state index < -0.39 is 36.8 Å². The summed E-state index contributed by atoms with van der Waals surface area (Å²) in [6.07, 6.45) is 2.36. The fourth-order valence-corrected chi connectivity index (χ4v) is 13.1. The Hall–Kier alpha value is -5.82. The third kappa shape index (κ3) is 9.07. The van der Waals surface area contributed by atoms with Gasteiger partial charge in [0, 0.05) is 37.0 Å². The van der Waals surface area contributed by atoms with Crippen LogP contribution in [0.3, 0.4) is 0 Å². The standard InChI is InChI=1S/C27H33N3O5S.C24H27N3O5S.CH4/c1-5-34-20-10-12-21(13-11-20)36(32,33)29-16-19(4)24(17-29)30-23-9-7-6-8-22(23)25(28-30)27(14-15-27)26(31)35-18(2)3;1-3-32-17-8-10-18(11-9-17)33(30,31)26-14-16(2)21(15-26)27-20-7-5-4-6-19(20)22(25-27)24(12-13-24)23(28)29;/h6-13,18-19,24H,5,14-17H2,1-4H3;4-11,16,21H,3,12-15H2,1-2H3,(H,28,29);1H4/t19-,24+;16-,21+;/m11./s1. The molecule has 2 saturated heterocycles. The molecule has 2 aromatic heterocycles. The minimum atomic E-state index is -3.68. The fraction of sp³-hybridized carbons (Fsp3) is 0.462. The first kappa shape index (κ1) is 50.6. The number of esters is 1. The number of para-hydroxylation sites is 2. The van der Waals surface area contributed by atoms with Crippen molar-refractivity contribution < 1.29 is 45.7 Å². The van der Waals surface area contributed by atoms with Gasteiger partial charge in [-0.1, -0.05) is 57.7 Å². The van der Waals surface area contributed by atoms with Gasteiger partial charge in [0.25, 0.3) is 0 Å². The van der Waals surface area contributed by atoms with Crippen LogP contribution in [0.15, 0.2) is 107 Å². The quantitative estimate of drug-likeness (QED) is 0.0969. The van der Waals surface area contributed by atoms with Gasteiger partial charge in [0.1, 0.15) is 22.3 Å². The SMILES string of the molecule is C.CCOc1ccc(S(=O)(=O)N2C[C@@H](C)[C@@H](n3nc(C4(C(=O)O)CC4)c4ccccc43)C2)cc1.CCOc1ccc(S(=O)(=O)N2C[C@@H](C)[C@@H](n3nc(C4(C(=O)OC(C)C)CC4)c4ccccc43)C2)cc1. The van der Waals surface area contributed by atoms with E-state index in [1.54, 1.807) is 48.5 Å². The summed E-state index contributed by atoms with van der Waals surface area (Å²) in [6.45, 7) is 13.9. The normalized spacial score (nSPS) is 21.8. The Kier molecular flexibility index (Phi) is 14.0. The summed E-state index contributed by atoms with van der Waals surface area (Å²) in [7, 11) is -7.35. The Bertz CT molecular complexity index is 3110. The minimum absolute atomic E-state index is 0. The number of nitrogens with zero attached hydrogens (tertiary/aromatic N) is 6. The second kappa shape index (κ2) is 19.4. The van der Waals surface area contributed by atoms with Gasteiger partial charge in [-0.3, -0.25) is 19.0 Å². The molecule has 18 heteroatoms. The van der Waals surface area contributed by atoms with Crippen molar-refractivity contribution in [3.8, 4) is 11.5 Å². The van der Waals surface area contributed by atoms with Crippen LogP contribution in [-0.2, 0) is 45.2 Å². The number of carbonyl (C=O) groups excluding carboxylic acids is 1. The summed E-state index contributed by atoms with van der Waals surface area (Å²) in [6, 6.07) is 28.2. The van der Waals surface area contributed by atoms with Gasteiger partial charge in [-0.05, 0) is 126 Å². The lowest BCUT2D eigenvalue weighted by molar-refractivity contribution is -0.150. The molecule has 0 radical (unpaired) electrons. The van der Waals surface area contributed by atoms with Crippen LogP contribution in [0.1, 0.15) is 98.1 Å². The number of aromatic nitrogens is 4. The van der Waals surface area contributed by atoms with E-state index in [2.05, 4.69) is 6.92 Å². The molecular weight excluding hydrogens is 933 g/mol. The summed E-state index contributed by atoms with van der Waals surface area (Å²) in [4.78, 5) is 25.5. The lowest BCUT2D eigenvalue weighted by atomic mass is 9.99. The van der Waals surface area contributed by atoms with Crippen molar-refractivity contribution in [2.75, 3.05) is 39.4 Å². The van der Waals surface area contributed by atoms with E-state index in [0.29, 0.717) is 75.7 Å². The molecule has 4 aromatic carbocycles. The average Bonchev–Trinajstić information content (AvgIpc) is 4.14. The summed E-state index contributed by atoms with van der Waals surface area (Å²) in [5.74, 6) is 0.246. The topological polar surface area (TPSA) is 192 Å². The molecule has 1 N–H and O–H groups in total.